The molecule has 1 saturated heterocycles. The number of fused-ring (bicyclic) bond motifs is 1. The van der Waals surface area contributed by atoms with Crippen molar-refractivity contribution in [1.82, 2.24) is 4.90 Å². The van der Waals surface area contributed by atoms with Gasteiger partial charge in [0.05, 0.1) is 11.6 Å². The van der Waals surface area contributed by atoms with Gasteiger partial charge < -0.3 is 0 Å². The van der Waals surface area contributed by atoms with E-state index in [-0.39, 0.29) is 0 Å². The molecule has 2 aliphatic rings. The molecule has 0 spiro atoms. The summed E-state index contributed by atoms with van der Waals surface area (Å²) in [5.74, 6) is 1.23. The van der Waals surface area contributed by atoms with Crippen LogP contribution < -0.4 is 0 Å². The summed E-state index contributed by atoms with van der Waals surface area (Å²) in [4.78, 5) is 2.74. The summed E-state index contributed by atoms with van der Waals surface area (Å²) in [5, 5.41) is 11.4. The number of rotatable bonds is 3. The molecule has 0 bridgehead atoms. The first-order chi connectivity index (χ1) is 12.7. The van der Waals surface area contributed by atoms with E-state index < -0.39 is 0 Å². The van der Waals surface area contributed by atoms with Crippen LogP contribution in [0.3, 0.4) is 0 Å². The molecule has 26 heavy (non-hydrogen) atoms. The van der Waals surface area contributed by atoms with E-state index in [9.17, 15) is 0 Å². The fourth-order valence-electron chi connectivity index (χ4n) is 4.88. The first-order valence-electron chi connectivity index (χ1n) is 10.0. The standard InChI is InChI=1S/C24H28N2/c1-17-11-12-26(23-5-3-4-6-23)16-24(17)18(2)20-9-10-21-13-19(15-25)7-8-22(21)14-20/h7-10,13-14,17,23-24H,2-6,11-12,16H2,1H3. The van der Waals surface area contributed by atoms with Gasteiger partial charge in [-0.15, -0.1) is 0 Å². The number of hydrogen-bond donors (Lipinski definition) is 0. The van der Waals surface area contributed by atoms with Gasteiger partial charge in [0, 0.05) is 12.6 Å². The SMILES string of the molecule is C=C(c1ccc2cc(C#N)ccc2c1)C1CN(C2CCCC2)CCC1C. The molecule has 2 unspecified atom stereocenters. The van der Waals surface area contributed by atoms with Crippen LogP contribution in [-0.2, 0) is 0 Å². The zero-order valence-electron chi connectivity index (χ0n) is 15.7. The van der Waals surface area contributed by atoms with Crippen molar-refractivity contribution in [2.45, 2.75) is 45.1 Å². The molecule has 2 atom stereocenters. The van der Waals surface area contributed by atoms with Crippen LogP contribution in [-0.4, -0.2) is 24.0 Å². The summed E-state index contributed by atoms with van der Waals surface area (Å²) in [6.07, 6.45) is 6.84. The van der Waals surface area contributed by atoms with Crippen molar-refractivity contribution in [2.75, 3.05) is 13.1 Å². The van der Waals surface area contributed by atoms with Gasteiger partial charge in [0.2, 0.25) is 0 Å². The highest BCUT2D eigenvalue weighted by atomic mass is 15.2. The predicted octanol–water partition coefficient (Wildman–Crippen LogP) is 5.63. The second-order valence-electron chi connectivity index (χ2n) is 8.22. The van der Waals surface area contributed by atoms with E-state index in [1.165, 1.54) is 55.2 Å². The molecule has 2 fully saturated rings. The molecule has 1 aliphatic heterocycles. The second-order valence-corrected chi connectivity index (χ2v) is 8.22. The summed E-state index contributed by atoms with van der Waals surface area (Å²) in [7, 11) is 0. The van der Waals surface area contributed by atoms with Crippen molar-refractivity contribution in [3.8, 4) is 6.07 Å². The molecule has 2 aromatic rings. The Labute approximate surface area is 157 Å². The van der Waals surface area contributed by atoms with Crippen molar-refractivity contribution in [3.05, 3.63) is 54.1 Å². The van der Waals surface area contributed by atoms with Crippen LogP contribution in [0.15, 0.2) is 43.0 Å². The summed E-state index contributed by atoms with van der Waals surface area (Å²) in [5.41, 5.74) is 3.26. The summed E-state index contributed by atoms with van der Waals surface area (Å²) in [6.45, 7) is 9.33. The Bertz CT molecular complexity index is 854. The van der Waals surface area contributed by atoms with Gasteiger partial charge in [0.1, 0.15) is 0 Å². The van der Waals surface area contributed by atoms with E-state index in [0.717, 1.165) is 23.5 Å². The van der Waals surface area contributed by atoms with Crippen LogP contribution in [0.5, 0.6) is 0 Å². The lowest BCUT2D eigenvalue weighted by Gasteiger charge is -2.41. The minimum Gasteiger partial charge on any atom is -0.300 e. The lowest BCUT2D eigenvalue weighted by atomic mass is 9.79. The van der Waals surface area contributed by atoms with Crippen molar-refractivity contribution < 1.29 is 0 Å². The third-order valence-corrected chi connectivity index (χ3v) is 6.62. The predicted molar refractivity (Wildman–Crippen MR) is 109 cm³/mol. The monoisotopic (exact) mass is 344 g/mol. The first kappa shape index (κ1) is 17.3. The van der Waals surface area contributed by atoms with Gasteiger partial charge in [-0.3, -0.25) is 4.90 Å². The van der Waals surface area contributed by atoms with Gasteiger partial charge in [0.25, 0.3) is 0 Å². The average Bonchev–Trinajstić information content (AvgIpc) is 3.21. The quantitative estimate of drug-likeness (QED) is 0.722. The van der Waals surface area contributed by atoms with Crippen molar-refractivity contribution in [2.24, 2.45) is 11.8 Å². The Balaban J connectivity index is 1.57. The number of hydrogen-bond acceptors (Lipinski definition) is 2. The van der Waals surface area contributed by atoms with Crippen molar-refractivity contribution >= 4 is 16.3 Å². The topological polar surface area (TPSA) is 27.0 Å². The maximum absolute atomic E-state index is 9.09. The second kappa shape index (κ2) is 7.25. The smallest absolute Gasteiger partial charge is 0.0991 e. The molecular formula is C24H28N2. The molecule has 134 valence electrons. The van der Waals surface area contributed by atoms with Crippen LogP contribution in [0.25, 0.3) is 16.3 Å². The van der Waals surface area contributed by atoms with Crippen LogP contribution in [0.4, 0.5) is 0 Å². The summed E-state index contributed by atoms with van der Waals surface area (Å²) < 4.78 is 0. The lowest BCUT2D eigenvalue weighted by molar-refractivity contribution is 0.113. The van der Waals surface area contributed by atoms with Gasteiger partial charge in [-0.25, -0.2) is 0 Å². The molecule has 0 amide bonds. The Morgan fingerprint density at radius 2 is 1.81 bits per heavy atom. The largest absolute Gasteiger partial charge is 0.300 e. The molecule has 2 aromatic carbocycles. The summed E-state index contributed by atoms with van der Waals surface area (Å²) >= 11 is 0. The highest BCUT2D eigenvalue weighted by Gasteiger charge is 2.33. The molecule has 4 rings (SSSR count). The number of piperidine rings is 1. The van der Waals surface area contributed by atoms with Crippen LogP contribution >= 0.6 is 0 Å². The number of benzene rings is 2. The third kappa shape index (κ3) is 3.29. The molecule has 0 N–H and O–H groups in total. The zero-order valence-corrected chi connectivity index (χ0v) is 15.7. The highest BCUT2D eigenvalue weighted by Crippen LogP contribution is 2.37. The fourth-order valence-corrected chi connectivity index (χ4v) is 4.88. The Hall–Kier alpha value is -2.11. The molecule has 1 heterocycles. The van der Waals surface area contributed by atoms with Crippen molar-refractivity contribution in [1.29, 1.82) is 5.26 Å². The highest BCUT2D eigenvalue weighted by molar-refractivity contribution is 5.87. The molecule has 2 nitrogen and oxygen atoms in total. The van der Waals surface area contributed by atoms with Gasteiger partial charge >= 0.3 is 0 Å². The third-order valence-electron chi connectivity index (χ3n) is 6.62. The van der Waals surface area contributed by atoms with Gasteiger partial charge in [-0.1, -0.05) is 44.5 Å². The minimum absolute atomic E-state index is 0.542. The maximum atomic E-state index is 9.09. The normalized spacial score (nSPS) is 24.6. The van der Waals surface area contributed by atoms with Crippen molar-refractivity contribution in [3.63, 3.8) is 0 Å². The lowest BCUT2D eigenvalue weighted by Crippen LogP contribution is -2.44. The van der Waals surface area contributed by atoms with E-state index in [2.05, 4.69) is 48.7 Å². The van der Waals surface area contributed by atoms with E-state index in [4.69, 9.17) is 5.26 Å². The fraction of sp³-hybridized carbons (Fsp3) is 0.458. The van der Waals surface area contributed by atoms with E-state index in [1.54, 1.807) is 0 Å². The van der Waals surface area contributed by atoms with Gasteiger partial charge in [-0.2, -0.15) is 5.26 Å². The van der Waals surface area contributed by atoms with E-state index in [1.807, 2.05) is 12.1 Å². The Morgan fingerprint density at radius 1 is 1.08 bits per heavy atom. The Kier molecular flexibility index (Phi) is 4.83. The van der Waals surface area contributed by atoms with Crippen LogP contribution in [0, 0.1) is 23.2 Å². The van der Waals surface area contributed by atoms with Crippen LogP contribution in [0.1, 0.15) is 50.2 Å². The molecule has 1 aliphatic carbocycles. The summed E-state index contributed by atoms with van der Waals surface area (Å²) in [6, 6.07) is 15.5. The molecule has 0 aromatic heterocycles. The molecular weight excluding hydrogens is 316 g/mol. The molecule has 1 saturated carbocycles. The minimum atomic E-state index is 0.542. The molecule has 0 radical (unpaired) electrons. The number of nitrogens with zero attached hydrogens (tertiary/aromatic N) is 2. The average molecular weight is 345 g/mol. The Morgan fingerprint density at radius 3 is 2.58 bits per heavy atom. The molecule has 2 heteroatoms. The first-order valence-corrected chi connectivity index (χ1v) is 10.0. The number of nitriles is 1. The maximum Gasteiger partial charge on any atom is 0.0991 e. The zero-order chi connectivity index (χ0) is 18.1. The van der Waals surface area contributed by atoms with Gasteiger partial charge in [-0.05, 0) is 77.8 Å². The van der Waals surface area contributed by atoms with E-state index in [0.29, 0.717) is 11.8 Å². The number of likely N-dealkylation sites (tertiary alicyclic amines) is 1. The van der Waals surface area contributed by atoms with Crippen LogP contribution in [0.2, 0.25) is 0 Å². The van der Waals surface area contributed by atoms with Gasteiger partial charge in [0.15, 0.2) is 0 Å². The van der Waals surface area contributed by atoms with E-state index >= 15 is 0 Å².